The molecule has 0 aromatic carbocycles. The summed E-state index contributed by atoms with van der Waals surface area (Å²) in [6.07, 6.45) is 3.12. The fourth-order valence-electron chi connectivity index (χ4n) is 1.18. The summed E-state index contributed by atoms with van der Waals surface area (Å²) < 4.78 is 7.10. The first-order chi connectivity index (χ1) is 8.20. The highest BCUT2D eigenvalue weighted by atomic mass is 79.9. The molecule has 2 aromatic heterocycles. The number of nitrogens with zero attached hydrogens (tertiary/aromatic N) is 4. The number of ether oxygens (including phenoxy) is 1. The van der Waals surface area contributed by atoms with Crippen molar-refractivity contribution in [2.45, 2.75) is 6.92 Å². The molecule has 0 saturated carbocycles. The van der Waals surface area contributed by atoms with Gasteiger partial charge in [-0.2, -0.15) is 0 Å². The molecule has 0 spiro atoms. The number of rotatable bonds is 3. The van der Waals surface area contributed by atoms with E-state index in [-0.39, 0.29) is 5.69 Å². The summed E-state index contributed by atoms with van der Waals surface area (Å²) in [5.74, 6) is 0.0899. The standard InChI is InChI=1S/C10H9BrN4O2/c1-2-17-10(16)8-6-15(14-13-8)9-4-3-7(11)5-12-9/h3-6H,2H2,1H3. The van der Waals surface area contributed by atoms with Gasteiger partial charge in [-0.25, -0.2) is 14.5 Å². The van der Waals surface area contributed by atoms with Crippen molar-refractivity contribution in [1.82, 2.24) is 20.0 Å². The molecule has 0 bridgehead atoms. The Labute approximate surface area is 106 Å². The monoisotopic (exact) mass is 296 g/mol. The third-order valence-electron chi connectivity index (χ3n) is 1.92. The molecule has 0 aliphatic rings. The van der Waals surface area contributed by atoms with Crippen molar-refractivity contribution in [3.05, 3.63) is 34.7 Å². The number of hydrogen-bond acceptors (Lipinski definition) is 5. The molecule has 2 aromatic rings. The van der Waals surface area contributed by atoms with Crippen LogP contribution in [0.25, 0.3) is 5.82 Å². The largest absolute Gasteiger partial charge is 0.461 e. The molecule has 17 heavy (non-hydrogen) atoms. The summed E-state index contributed by atoms with van der Waals surface area (Å²) in [6.45, 7) is 2.04. The fraction of sp³-hybridized carbons (Fsp3) is 0.200. The summed E-state index contributed by atoms with van der Waals surface area (Å²) in [5, 5.41) is 7.53. The van der Waals surface area contributed by atoms with Crippen LogP contribution in [-0.4, -0.2) is 32.6 Å². The zero-order chi connectivity index (χ0) is 12.3. The lowest BCUT2D eigenvalue weighted by atomic mass is 10.4. The smallest absolute Gasteiger partial charge is 0.360 e. The Balaban J connectivity index is 2.23. The van der Waals surface area contributed by atoms with Crippen LogP contribution in [0.2, 0.25) is 0 Å². The molecule has 0 fully saturated rings. The Morgan fingerprint density at radius 2 is 2.35 bits per heavy atom. The second-order valence-electron chi connectivity index (χ2n) is 3.10. The van der Waals surface area contributed by atoms with E-state index in [4.69, 9.17) is 4.74 Å². The first-order valence-corrected chi connectivity index (χ1v) is 5.71. The Morgan fingerprint density at radius 1 is 1.53 bits per heavy atom. The first-order valence-electron chi connectivity index (χ1n) is 4.92. The van der Waals surface area contributed by atoms with Crippen LogP contribution in [0.5, 0.6) is 0 Å². The highest BCUT2D eigenvalue weighted by molar-refractivity contribution is 9.10. The molecule has 0 unspecified atom stereocenters. The number of aromatic nitrogens is 4. The van der Waals surface area contributed by atoms with Crippen LogP contribution in [0.4, 0.5) is 0 Å². The van der Waals surface area contributed by atoms with Crippen molar-refractivity contribution in [2.24, 2.45) is 0 Å². The third kappa shape index (κ3) is 2.68. The minimum Gasteiger partial charge on any atom is -0.461 e. The van der Waals surface area contributed by atoms with Crippen LogP contribution in [-0.2, 0) is 4.74 Å². The zero-order valence-electron chi connectivity index (χ0n) is 9.00. The number of halogens is 1. The fourth-order valence-corrected chi connectivity index (χ4v) is 1.41. The van der Waals surface area contributed by atoms with Gasteiger partial charge in [0.05, 0.1) is 12.8 Å². The molecular formula is C10H9BrN4O2. The van der Waals surface area contributed by atoms with Gasteiger partial charge in [-0.3, -0.25) is 0 Å². The predicted octanol–water partition coefficient (Wildman–Crippen LogP) is 1.60. The van der Waals surface area contributed by atoms with E-state index in [1.165, 1.54) is 10.9 Å². The minimum atomic E-state index is -0.490. The third-order valence-corrected chi connectivity index (χ3v) is 2.39. The zero-order valence-corrected chi connectivity index (χ0v) is 10.6. The van der Waals surface area contributed by atoms with Gasteiger partial charge in [0.2, 0.25) is 0 Å². The van der Waals surface area contributed by atoms with Crippen molar-refractivity contribution in [3.8, 4) is 5.82 Å². The molecule has 0 N–H and O–H groups in total. The second-order valence-corrected chi connectivity index (χ2v) is 4.02. The maximum absolute atomic E-state index is 11.4. The average Bonchev–Trinajstić information content (AvgIpc) is 2.80. The molecule has 0 atom stereocenters. The van der Waals surface area contributed by atoms with Crippen molar-refractivity contribution in [1.29, 1.82) is 0 Å². The summed E-state index contributed by atoms with van der Waals surface area (Å²) in [7, 11) is 0. The van der Waals surface area contributed by atoms with Gasteiger partial charge in [0, 0.05) is 10.7 Å². The highest BCUT2D eigenvalue weighted by Gasteiger charge is 2.12. The van der Waals surface area contributed by atoms with Gasteiger partial charge >= 0.3 is 5.97 Å². The Kier molecular flexibility index (Phi) is 3.48. The predicted molar refractivity (Wildman–Crippen MR) is 62.8 cm³/mol. The van der Waals surface area contributed by atoms with Crippen molar-refractivity contribution >= 4 is 21.9 Å². The molecule has 0 aliphatic heterocycles. The van der Waals surface area contributed by atoms with Gasteiger partial charge in [0.15, 0.2) is 11.5 Å². The van der Waals surface area contributed by atoms with Crippen LogP contribution in [0.1, 0.15) is 17.4 Å². The van der Waals surface area contributed by atoms with Crippen LogP contribution in [0.3, 0.4) is 0 Å². The van der Waals surface area contributed by atoms with Gasteiger partial charge in [-0.15, -0.1) is 5.10 Å². The molecule has 0 saturated heterocycles. The minimum absolute atomic E-state index is 0.163. The van der Waals surface area contributed by atoms with Gasteiger partial charge in [-0.05, 0) is 35.0 Å². The van der Waals surface area contributed by atoms with E-state index in [1.807, 2.05) is 6.07 Å². The molecule has 6 nitrogen and oxygen atoms in total. The van der Waals surface area contributed by atoms with Crippen LogP contribution < -0.4 is 0 Å². The topological polar surface area (TPSA) is 69.9 Å². The quantitative estimate of drug-likeness (QED) is 0.805. The van der Waals surface area contributed by atoms with E-state index >= 15 is 0 Å². The highest BCUT2D eigenvalue weighted by Crippen LogP contribution is 2.10. The average molecular weight is 297 g/mol. The first kappa shape index (κ1) is 11.7. The Hall–Kier alpha value is -1.76. The van der Waals surface area contributed by atoms with E-state index in [0.29, 0.717) is 12.4 Å². The normalized spacial score (nSPS) is 10.2. The molecular weight excluding hydrogens is 288 g/mol. The van der Waals surface area contributed by atoms with Crippen LogP contribution in [0.15, 0.2) is 29.0 Å². The molecule has 0 amide bonds. The van der Waals surface area contributed by atoms with Gasteiger partial charge in [-0.1, -0.05) is 5.21 Å². The molecule has 2 heterocycles. The summed E-state index contributed by atoms with van der Waals surface area (Å²) >= 11 is 3.29. The van der Waals surface area contributed by atoms with E-state index < -0.39 is 5.97 Å². The second kappa shape index (κ2) is 5.05. The maximum Gasteiger partial charge on any atom is 0.360 e. The number of esters is 1. The number of hydrogen-bond donors (Lipinski definition) is 0. The van der Waals surface area contributed by atoms with Crippen molar-refractivity contribution in [3.63, 3.8) is 0 Å². The summed E-state index contributed by atoms with van der Waals surface area (Å²) in [4.78, 5) is 15.5. The van der Waals surface area contributed by atoms with E-state index in [1.54, 1.807) is 19.2 Å². The van der Waals surface area contributed by atoms with Crippen LogP contribution >= 0.6 is 15.9 Å². The lowest BCUT2D eigenvalue weighted by Crippen LogP contribution is -2.04. The van der Waals surface area contributed by atoms with Crippen molar-refractivity contribution in [2.75, 3.05) is 6.61 Å². The number of carbonyl (C=O) groups excluding carboxylic acids is 1. The molecule has 88 valence electrons. The number of pyridine rings is 1. The SMILES string of the molecule is CCOC(=O)c1cn(-c2ccc(Br)cn2)nn1. The molecule has 0 aliphatic carbocycles. The molecule has 0 radical (unpaired) electrons. The molecule has 7 heteroatoms. The van der Waals surface area contributed by atoms with Gasteiger partial charge < -0.3 is 4.74 Å². The van der Waals surface area contributed by atoms with E-state index in [0.717, 1.165) is 4.47 Å². The van der Waals surface area contributed by atoms with E-state index in [2.05, 4.69) is 31.2 Å². The Morgan fingerprint density at radius 3 is 3.00 bits per heavy atom. The lowest BCUT2D eigenvalue weighted by Gasteiger charge is -1.98. The van der Waals surface area contributed by atoms with E-state index in [9.17, 15) is 4.79 Å². The Bertz CT molecular complexity index is 523. The van der Waals surface area contributed by atoms with Crippen LogP contribution in [0, 0.1) is 0 Å². The lowest BCUT2D eigenvalue weighted by molar-refractivity contribution is 0.0519. The molecule has 2 rings (SSSR count). The van der Waals surface area contributed by atoms with Crippen molar-refractivity contribution < 1.29 is 9.53 Å². The number of carbonyl (C=O) groups is 1. The maximum atomic E-state index is 11.4. The summed E-state index contributed by atoms with van der Waals surface area (Å²) in [6, 6.07) is 3.59. The van der Waals surface area contributed by atoms with Gasteiger partial charge in [0.1, 0.15) is 0 Å². The summed E-state index contributed by atoms with van der Waals surface area (Å²) in [5.41, 5.74) is 0.163. The van der Waals surface area contributed by atoms with Gasteiger partial charge in [0.25, 0.3) is 0 Å².